The molecule has 4 aromatic rings. The normalized spacial score (nSPS) is 14.0. The number of benzene rings is 2. The summed E-state index contributed by atoms with van der Waals surface area (Å²) in [6.45, 7) is 24.6. The van der Waals surface area contributed by atoms with E-state index in [0.717, 1.165) is 63.0 Å². The first-order valence-electron chi connectivity index (χ1n) is 27.1. The lowest BCUT2D eigenvalue weighted by atomic mass is 10.0. The van der Waals surface area contributed by atoms with Crippen molar-refractivity contribution in [3.8, 4) is 11.5 Å². The number of hydrogen-bond donors (Lipinski definition) is 4. The molecule has 2 aliphatic rings. The summed E-state index contributed by atoms with van der Waals surface area (Å²) in [5.74, 6) is 1.80. The first-order chi connectivity index (χ1) is 37.1. The zero-order valence-electron chi connectivity index (χ0n) is 47.2. The van der Waals surface area contributed by atoms with Gasteiger partial charge in [-0.15, -0.1) is 11.6 Å². The fourth-order valence-electron chi connectivity index (χ4n) is 8.28. The van der Waals surface area contributed by atoms with Gasteiger partial charge < -0.3 is 60.2 Å². The second-order valence-corrected chi connectivity index (χ2v) is 21.3. The zero-order chi connectivity index (χ0) is 57.0. The smallest absolute Gasteiger partial charge is 0.415 e. The summed E-state index contributed by atoms with van der Waals surface area (Å²) < 4.78 is 22.4. The summed E-state index contributed by atoms with van der Waals surface area (Å²) in [5.41, 5.74) is 7.12. The number of nitrogen functional groups attached to an aromatic ring is 1. The number of nitrogens with zero attached hydrogens (tertiary/aromatic N) is 8. The number of esters is 2. The van der Waals surface area contributed by atoms with Gasteiger partial charge in [0.05, 0.1) is 18.1 Å². The molecule has 4 heterocycles. The van der Waals surface area contributed by atoms with Crippen LogP contribution in [0.3, 0.4) is 0 Å². The van der Waals surface area contributed by atoms with E-state index in [1.807, 2.05) is 82.5 Å². The zero-order valence-corrected chi connectivity index (χ0v) is 47.9. The molecule has 0 spiro atoms. The molecule has 0 radical (unpaired) electrons. The van der Waals surface area contributed by atoms with E-state index in [9.17, 15) is 24.0 Å². The standard InChI is InChI=1S/C30H43ClN6O5.C26H38N6O4/c1-6-36(7-2)28-32-20-24(33-25(38)11-10-16-31)26(35-28)34-23(27(39)42-30(3,4)5)19-21-12-14-22(15-13-21)41-29(40)37-17-8-9-18-37;1-6-31(7-2)24-28-17-20(27)22(30-24)29-21(23(33)36-26(3,4)5)16-18-10-12-19(13-11-18)35-25(34)32-14-8-9-15-32/h12-15,20,23H,6-11,16-19H2,1-5H3,(H,33,38)(H,32,34,35);10-13,17,21H,6-9,14-16,27H2,1-5H3,(H,28,29,30)/t23-;21-/m00/s1. The van der Waals surface area contributed by atoms with Crippen LogP contribution in [0.5, 0.6) is 11.5 Å². The highest BCUT2D eigenvalue weighted by Gasteiger charge is 2.30. The van der Waals surface area contributed by atoms with Crippen LogP contribution in [0.1, 0.15) is 119 Å². The number of anilines is 6. The Labute approximate surface area is 464 Å². The number of alkyl halides is 1. The first-order valence-corrected chi connectivity index (χ1v) is 27.6. The van der Waals surface area contributed by atoms with Gasteiger partial charge in [-0.3, -0.25) is 4.79 Å². The molecule has 2 aromatic heterocycles. The van der Waals surface area contributed by atoms with E-state index < -0.39 is 35.2 Å². The number of likely N-dealkylation sites (tertiary alicyclic amines) is 2. The lowest BCUT2D eigenvalue weighted by molar-refractivity contribution is -0.156. The molecule has 2 aliphatic heterocycles. The highest BCUT2D eigenvalue weighted by Crippen LogP contribution is 2.27. The van der Waals surface area contributed by atoms with Gasteiger partial charge >= 0.3 is 24.1 Å². The van der Waals surface area contributed by atoms with Crippen LogP contribution >= 0.6 is 11.6 Å². The van der Waals surface area contributed by atoms with Gasteiger partial charge in [0.1, 0.15) is 40.5 Å². The van der Waals surface area contributed by atoms with Crippen molar-refractivity contribution in [2.45, 2.75) is 144 Å². The summed E-state index contributed by atoms with van der Waals surface area (Å²) in [6, 6.07) is 12.6. The molecule has 2 aromatic carbocycles. The molecule has 5 N–H and O–H groups in total. The average molecular weight is 1100 g/mol. The van der Waals surface area contributed by atoms with E-state index in [2.05, 4.69) is 35.9 Å². The lowest BCUT2D eigenvalue weighted by Crippen LogP contribution is -2.38. The van der Waals surface area contributed by atoms with E-state index in [-0.39, 0.29) is 30.9 Å². The van der Waals surface area contributed by atoms with Crippen LogP contribution in [-0.4, -0.2) is 141 Å². The number of ether oxygens (including phenoxy) is 4. The number of rotatable bonds is 22. The van der Waals surface area contributed by atoms with Crippen molar-refractivity contribution in [3.05, 3.63) is 72.1 Å². The SMILES string of the molecule is CCN(CC)c1ncc(N)c(N[C@@H](Cc2ccc(OC(=O)N3CCCC3)cc2)C(=O)OC(C)(C)C)n1.CCN(CC)c1ncc(NC(=O)CCCCl)c(N[C@@H](Cc2ccc(OC(=O)N3CCCC3)cc2)C(=O)OC(C)(C)C)n1. The quantitative estimate of drug-likeness (QED) is 0.0423. The fraction of sp³-hybridized carbons (Fsp3) is 0.554. The number of carbonyl (C=O) groups excluding carboxylic acids is 5. The van der Waals surface area contributed by atoms with E-state index >= 15 is 0 Å². The third kappa shape index (κ3) is 19.7. The third-order valence-corrected chi connectivity index (χ3v) is 12.6. The third-order valence-electron chi connectivity index (χ3n) is 12.4. The van der Waals surface area contributed by atoms with Gasteiger partial charge in [0.15, 0.2) is 11.6 Å². The summed E-state index contributed by atoms with van der Waals surface area (Å²) in [6.07, 6.45) is 7.68. The summed E-state index contributed by atoms with van der Waals surface area (Å²) in [7, 11) is 0. The predicted molar refractivity (Wildman–Crippen MR) is 305 cm³/mol. The molecular formula is C56H81ClN12O9. The highest BCUT2D eigenvalue weighted by molar-refractivity contribution is 6.18. The Morgan fingerprint density at radius 3 is 1.42 bits per heavy atom. The second-order valence-electron chi connectivity index (χ2n) is 20.9. The minimum Gasteiger partial charge on any atom is -0.458 e. The minimum absolute atomic E-state index is 0.231. The van der Waals surface area contributed by atoms with Crippen LogP contribution in [0.4, 0.5) is 44.5 Å². The van der Waals surface area contributed by atoms with Gasteiger partial charge in [0, 0.05) is 77.5 Å². The van der Waals surface area contributed by atoms with Crippen LogP contribution < -0.4 is 41.0 Å². The molecule has 21 nitrogen and oxygen atoms in total. The maximum atomic E-state index is 13.4. The van der Waals surface area contributed by atoms with Gasteiger partial charge in [-0.2, -0.15) is 9.97 Å². The largest absolute Gasteiger partial charge is 0.458 e. The van der Waals surface area contributed by atoms with Crippen LogP contribution in [0, 0.1) is 0 Å². The number of halogens is 1. The average Bonchev–Trinajstić information content (AvgIpc) is 4.15. The van der Waals surface area contributed by atoms with Crippen molar-refractivity contribution in [1.82, 2.24) is 29.7 Å². The van der Waals surface area contributed by atoms with Crippen molar-refractivity contribution in [1.29, 1.82) is 0 Å². The fourth-order valence-corrected chi connectivity index (χ4v) is 8.41. The molecule has 2 saturated heterocycles. The first kappa shape index (κ1) is 61.7. The molecule has 2 fully saturated rings. The predicted octanol–water partition coefficient (Wildman–Crippen LogP) is 9.10. The Morgan fingerprint density at radius 2 is 1.03 bits per heavy atom. The van der Waals surface area contributed by atoms with E-state index in [1.54, 1.807) is 61.0 Å². The Bertz CT molecular complexity index is 2580. The van der Waals surface area contributed by atoms with Crippen molar-refractivity contribution < 1.29 is 42.9 Å². The summed E-state index contributed by atoms with van der Waals surface area (Å²) >= 11 is 5.76. The molecule has 2 atom stereocenters. The molecule has 426 valence electrons. The topological polar surface area (TPSA) is 249 Å². The van der Waals surface area contributed by atoms with Crippen molar-refractivity contribution >= 4 is 76.5 Å². The minimum atomic E-state index is -0.847. The molecule has 78 heavy (non-hydrogen) atoms. The Kier molecular flexibility index (Phi) is 23.4. The molecular weight excluding hydrogens is 1020 g/mol. The van der Waals surface area contributed by atoms with Crippen LogP contribution in [0.2, 0.25) is 0 Å². The van der Waals surface area contributed by atoms with Crippen molar-refractivity contribution in [2.75, 3.05) is 89.7 Å². The summed E-state index contributed by atoms with van der Waals surface area (Å²) in [4.78, 5) is 89.1. The highest BCUT2D eigenvalue weighted by atomic mass is 35.5. The number of nitrogens with one attached hydrogen (secondary N) is 3. The van der Waals surface area contributed by atoms with Gasteiger partial charge in [0.25, 0.3) is 0 Å². The number of aromatic nitrogens is 4. The molecule has 22 heteroatoms. The molecule has 0 aliphatic carbocycles. The summed E-state index contributed by atoms with van der Waals surface area (Å²) in [5, 5.41) is 9.24. The van der Waals surface area contributed by atoms with Gasteiger partial charge in [0.2, 0.25) is 17.8 Å². The van der Waals surface area contributed by atoms with Crippen LogP contribution in [0.15, 0.2) is 60.9 Å². The number of nitrogens with two attached hydrogens (primary N) is 1. The van der Waals surface area contributed by atoms with Crippen LogP contribution in [0.25, 0.3) is 0 Å². The van der Waals surface area contributed by atoms with E-state index in [4.69, 9.17) is 36.3 Å². The molecule has 0 saturated carbocycles. The molecule has 0 bridgehead atoms. The van der Waals surface area contributed by atoms with Crippen LogP contribution in [-0.2, 0) is 36.7 Å². The Balaban J connectivity index is 0.000000291. The monoisotopic (exact) mass is 1100 g/mol. The lowest BCUT2D eigenvalue weighted by Gasteiger charge is -2.26. The van der Waals surface area contributed by atoms with Crippen molar-refractivity contribution in [3.63, 3.8) is 0 Å². The maximum absolute atomic E-state index is 13.4. The van der Waals surface area contributed by atoms with Crippen molar-refractivity contribution in [2.24, 2.45) is 0 Å². The van der Waals surface area contributed by atoms with Gasteiger partial charge in [-0.25, -0.2) is 29.1 Å². The Hall–Kier alpha value is -7.16. The second kappa shape index (κ2) is 29.5. The molecule has 0 unspecified atom stereocenters. The molecule has 6 rings (SSSR count). The van der Waals surface area contributed by atoms with Gasteiger partial charge in [-0.1, -0.05) is 24.3 Å². The van der Waals surface area contributed by atoms with E-state index in [0.29, 0.717) is 91.3 Å². The Morgan fingerprint density at radius 1 is 0.628 bits per heavy atom. The molecule has 3 amide bonds. The maximum Gasteiger partial charge on any atom is 0.415 e. The van der Waals surface area contributed by atoms with Gasteiger partial charge in [-0.05, 0) is 137 Å². The number of carbonyl (C=O) groups is 5. The number of hydrogen-bond acceptors (Lipinski definition) is 18. The number of amides is 3. The van der Waals surface area contributed by atoms with E-state index in [1.165, 1.54) is 6.20 Å².